The number of nitrogens with zero attached hydrogens (tertiary/aromatic N) is 3. The molecule has 0 spiro atoms. The minimum Gasteiger partial charge on any atom is -0.496 e. The van der Waals surface area contributed by atoms with Crippen LogP contribution in [0.5, 0.6) is 5.75 Å². The normalized spacial score (nSPS) is 10.5. The Morgan fingerprint density at radius 2 is 1.87 bits per heavy atom. The monoisotopic (exact) mass is 490 g/mol. The molecule has 3 aromatic rings. The van der Waals surface area contributed by atoms with Crippen LogP contribution in [0.2, 0.25) is 0 Å². The van der Waals surface area contributed by atoms with E-state index >= 15 is 0 Å². The third kappa shape index (κ3) is 5.30. The highest BCUT2D eigenvalue weighted by Crippen LogP contribution is 2.29. The van der Waals surface area contributed by atoms with Gasteiger partial charge < -0.3 is 21.2 Å². The summed E-state index contributed by atoms with van der Waals surface area (Å²) in [5.41, 5.74) is 1.32. The summed E-state index contributed by atoms with van der Waals surface area (Å²) in [6, 6.07) is 14.5. The Morgan fingerprint density at radius 1 is 1.13 bits per heavy atom. The van der Waals surface area contributed by atoms with Crippen LogP contribution in [0, 0.1) is 0 Å². The summed E-state index contributed by atoms with van der Waals surface area (Å²) in [5, 5.41) is 13.8. The molecule has 156 valence electrons. The van der Waals surface area contributed by atoms with E-state index in [1.807, 2.05) is 30.3 Å². The third-order valence-electron chi connectivity index (χ3n) is 3.94. The minimum absolute atomic E-state index is 0.0313. The molecule has 2 amide bonds. The maximum Gasteiger partial charge on any atom is 0.243 e. The number of rotatable bonds is 8. The minimum atomic E-state index is -0.333. The molecule has 9 nitrogen and oxygen atoms in total. The molecule has 11 heteroatoms. The van der Waals surface area contributed by atoms with Gasteiger partial charge in [0.25, 0.3) is 0 Å². The SMILES string of the molecule is COc1ccccc1-c1nnc(SCC(=O)NCC(=O)Nc2ccccc2Br)n1N. The Morgan fingerprint density at radius 3 is 2.63 bits per heavy atom. The second-order valence-electron chi connectivity index (χ2n) is 5.97. The fourth-order valence-electron chi connectivity index (χ4n) is 2.51. The van der Waals surface area contributed by atoms with E-state index < -0.39 is 0 Å². The van der Waals surface area contributed by atoms with E-state index in [0.29, 0.717) is 28.0 Å². The first-order chi connectivity index (χ1) is 14.5. The van der Waals surface area contributed by atoms with Crippen LogP contribution in [-0.4, -0.2) is 46.1 Å². The second-order valence-corrected chi connectivity index (χ2v) is 7.77. The lowest BCUT2D eigenvalue weighted by molar-refractivity contribution is -0.122. The van der Waals surface area contributed by atoms with Crippen LogP contribution < -0.4 is 21.2 Å². The molecule has 0 saturated heterocycles. The van der Waals surface area contributed by atoms with Gasteiger partial charge in [-0.2, -0.15) is 0 Å². The van der Waals surface area contributed by atoms with Crippen LogP contribution >= 0.6 is 27.7 Å². The van der Waals surface area contributed by atoms with Gasteiger partial charge in [-0.15, -0.1) is 10.2 Å². The van der Waals surface area contributed by atoms with Crippen molar-refractivity contribution in [3.63, 3.8) is 0 Å². The fourth-order valence-corrected chi connectivity index (χ4v) is 3.58. The smallest absolute Gasteiger partial charge is 0.243 e. The molecule has 0 radical (unpaired) electrons. The number of carbonyl (C=O) groups excluding carboxylic acids is 2. The first kappa shape index (κ1) is 21.7. The molecule has 0 unspecified atom stereocenters. The number of nitrogens with two attached hydrogens (primary N) is 1. The van der Waals surface area contributed by atoms with Gasteiger partial charge in [0, 0.05) is 4.47 Å². The number of aromatic nitrogens is 3. The van der Waals surface area contributed by atoms with Crippen molar-refractivity contribution in [1.29, 1.82) is 0 Å². The number of hydrogen-bond donors (Lipinski definition) is 3. The van der Waals surface area contributed by atoms with Gasteiger partial charge in [0.15, 0.2) is 5.82 Å². The number of ether oxygens (including phenoxy) is 1. The number of methoxy groups -OCH3 is 1. The number of nitrogens with one attached hydrogen (secondary N) is 2. The van der Waals surface area contributed by atoms with Crippen molar-refractivity contribution < 1.29 is 14.3 Å². The number of anilines is 1. The van der Waals surface area contributed by atoms with Crippen LogP contribution in [0.25, 0.3) is 11.4 Å². The number of hydrogen-bond acceptors (Lipinski definition) is 7. The zero-order valence-electron chi connectivity index (χ0n) is 16.0. The van der Waals surface area contributed by atoms with Crippen LogP contribution in [0.15, 0.2) is 58.2 Å². The topological polar surface area (TPSA) is 124 Å². The second kappa shape index (κ2) is 10.1. The lowest BCUT2D eigenvalue weighted by Crippen LogP contribution is -2.34. The van der Waals surface area contributed by atoms with Crippen LogP contribution in [0.1, 0.15) is 0 Å². The lowest BCUT2D eigenvalue weighted by atomic mass is 10.2. The van der Waals surface area contributed by atoms with E-state index in [4.69, 9.17) is 10.6 Å². The molecule has 0 fully saturated rings. The third-order valence-corrected chi connectivity index (χ3v) is 5.57. The molecule has 1 heterocycles. The summed E-state index contributed by atoms with van der Waals surface area (Å²) in [4.78, 5) is 24.1. The zero-order chi connectivity index (χ0) is 21.5. The molecule has 30 heavy (non-hydrogen) atoms. The molecule has 1 aromatic heterocycles. The van der Waals surface area contributed by atoms with E-state index in [0.717, 1.165) is 16.2 Å². The molecular formula is C19H19BrN6O3S. The number of thioether (sulfide) groups is 1. The summed E-state index contributed by atoms with van der Waals surface area (Å²) in [5.74, 6) is 6.48. The Kier molecular flexibility index (Phi) is 7.31. The summed E-state index contributed by atoms with van der Waals surface area (Å²) in [7, 11) is 1.56. The zero-order valence-corrected chi connectivity index (χ0v) is 18.4. The maximum absolute atomic E-state index is 12.1. The van der Waals surface area contributed by atoms with E-state index in [1.54, 1.807) is 25.3 Å². The van der Waals surface area contributed by atoms with Crippen LogP contribution in [0.3, 0.4) is 0 Å². The lowest BCUT2D eigenvalue weighted by Gasteiger charge is -2.09. The van der Waals surface area contributed by atoms with Crippen molar-refractivity contribution in [2.45, 2.75) is 5.16 Å². The number of benzene rings is 2. The van der Waals surface area contributed by atoms with Gasteiger partial charge in [0.1, 0.15) is 5.75 Å². The molecule has 0 aliphatic heterocycles. The molecular weight excluding hydrogens is 472 g/mol. The molecule has 0 saturated carbocycles. The summed E-state index contributed by atoms with van der Waals surface area (Å²) >= 11 is 4.46. The van der Waals surface area contributed by atoms with Crippen molar-refractivity contribution in [1.82, 2.24) is 20.2 Å². The van der Waals surface area contributed by atoms with Crippen molar-refractivity contribution in [3.8, 4) is 17.1 Å². The van der Waals surface area contributed by atoms with E-state index in [1.165, 1.54) is 4.68 Å². The standard InChI is InChI=1S/C19H19BrN6O3S/c1-29-15-9-5-2-6-12(15)18-24-25-19(26(18)21)30-11-17(28)22-10-16(27)23-14-8-4-3-7-13(14)20/h2-9H,10-11,21H2,1H3,(H,22,28)(H,23,27). The van der Waals surface area contributed by atoms with E-state index in [2.05, 4.69) is 36.8 Å². The Hall–Kier alpha value is -3.05. The maximum atomic E-state index is 12.1. The van der Waals surface area contributed by atoms with Crippen LogP contribution in [-0.2, 0) is 9.59 Å². The summed E-state index contributed by atoms with van der Waals surface area (Å²) in [6.45, 7) is -0.150. The molecule has 0 bridgehead atoms. The number of carbonyl (C=O) groups is 2. The molecule has 0 atom stereocenters. The van der Waals surface area contributed by atoms with Gasteiger partial charge in [0.05, 0.1) is 30.7 Å². The van der Waals surface area contributed by atoms with Gasteiger partial charge in [-0.25, -0.2) is 4.68 Å². The molecule has 0 aliphatic rings. The highest BCUT2D eigenvalue weighted by Gasteiger charge is 2.17. The molecule has 2 aromatic carbocycles. The van der Waals surface area contributed by atoms with Crippen molar-refractivity contribution >= 4 is 45.2 Å². The fraction of sp³-hybridized carbons (Fsp3) is 0.158. The summed E-state index contributed by atoms with van der Waals surface area (Å²) < 4.78 is 7.38. The predicted molar refractivity (Wildman–Crippen MR) is 119 cm³/mol. The van der Waals surface area contributed by atoms with Gasteiger partial charge in [-0.3, -0.25) is 9.59 Å². The average Bonchev–Trinajstić information content (AvgIpc) is 3.12. The van der Waals surface area contributed by atoms with Crippen molar-refractivity contribution in [2.24, 2.45) is 0 Å². The van der Waals surface area contributed by atoms with Gasteiger partial charge in [0.2, 0.25) is 17.0 Å². The first-order valence-electron chi connectivity index (χ1n) is 8.77. The molecule has 0 aliphatic carbocycles. The highest BCUT2D eigenvalue weighted by atomic mass is 79.9. The Balaban J connectivity index is 1.52. The molecule has 4 N–H and O–H groups in total. The van der Waals surface area contributed by atoms with E-state index in [9.17, 15) is 9.59 Å². The highest BCUT2D eigenvalue weighted by molar-refractivity contribution is 9.10. The quantitative estimate of drug-likeness (QED) is 0.326. The number of para-hydroxylation sites is 2. The van der Waals surface area contributed by atoms with Gasteiger partial charge in [-0.1, -0.05) is 36.0 Å². The van der Waals surface area contributed by atoms with Crippen LogP contribution in [0.4, 0.5) is 5.69 Å². The van der Waals surface area contributed by atoms with Gasteiger partial charge in [-0.05, 0) is 40.2 Å². The van der Waals surface area contributed by atoms with Crippen molar-refractivity contribution in [3.05, 3.63) is 53.0 Å². The number of nitrogen functional groups attached to an aromatic ring is 1. The largest absolute Gasteiger partial charge is 0.496 e. The van der Waals surface area contributed by atoms with Crippen molar-refractivity contribution in [2.75, 3.05) is 30.6 Å². The van der Waals surface area contributed by atoms with Gasteiger partial charge >= 0.3 is 0 Å². The molecule has 3 rings (SSSR count). The average molecular weight is 491 g/mol. The predicted octanol–water partition coefficient (Wildman–Crippen LogP) is 2.28. The summed E-state index contributed by atoms with van der Waals surface area (Å²) in [6.07, 6.45) is 0. The Labute approximate surface area is 185 Å². The first-order valence-corrected chi connectivity index (χ1v) is 10.5. The van der Waals surface area contributed by atoms with E-state index in [-0.39, 0.29) is 24.1 Å². The Bertz CT molecular complexity index is 1060. The number of amides is 2. The number of halogens is 1.